The van der Waals surface area contributed by atoms with Gasteiger partial charge in [-0.25, -0.2) is 0 Å². The first-order valence-corrected chi connectivity index (χ1v) is 5.02. The van der Waals surface area contributed by atoms with Crippen molar-refractivity contribution >= 4 is 11.9 Å². The molecule has 3 N–H and O–H groups in total. The van der Waals surface area contributed by atoms with Crippen molar-refractivity contribution in [3.8, 4) is 0 Å². The summed E-state index contributed by atoms with van der Waals surface area (Å²) in [7, 11) is 0. The van der Waals surface area contributed by atoms with Crippen LogP contribution in [0.1, 0.15) is 33.6 Å². The molecule has 88 valence electrons. The van der Waals surface area contributed by atoms with E-state index in [2.05, 4.69) is 5.32 Å². The van der Waals surface area contributed by atoms with Crippen LogP contribution in [0.3, 0.4) is 0 Å². The van der Waals surface area contributed by atoms with Gasteiger partial charge in [-0.05, 0) is 20.8 Å². The highest BCUT2D eigenvalue weighted by Crippen LogP contribution is 2.07. The molecule has 0 fully saturated rings. The number of rotatable bonds is 6. The number of hydrogen-bond acceptors (Lipinski definition) is 4. The first-order chi connectivity index (χ1) is 6.81. The van der Waals surface area contributed by atoms with Crippen LogP contribution in [0.4, 0.5) is 0 Å². The summed E-state index contributed by atoms with van der Waals surface area (Å²) in [6, 6.07) is 0. The second-order valence-electron chi connectivity index (χ2n) is 4.30. The van der Waals surface area contributed by atoms with Gasteiger partial charge in [0.2, 0.25) is 5.91 Å². The Morgan fingerprint density at radius 1 is 1.20 bits per heavy atom. The summed E-state index contributed by atoms with van der Waals surface area (Å²) in [5.74, 6) is -0.589. The highest BCUT2D eigenvalue weighted by molar-refractivity contribution is 5.73. The van der Waals surface area contributed by atoms with E-state index in [0.29, 0.717) is 19.5 Å². The molecule has 0 unspecified atom stereocenters. The average molecular weight is 216 g/mol. The van der Waals surface area contributed by atoms with Crippen LogP contribution >= 0.6 is 0 Å². The van der Waals surface area contributed by atoms with Gasteiger partial charge in [0.25, 0.3) is 0 Å². The molecule has 5 heteroatoms. The van der Waals surface area contributed by atoms with Gasteiger partial charge in [-0.3, -0.25) is 9.59 Å². The molecule has 0 saturated heterocycles. The molecule has 0 aliphatic heterocycles. The summed E-state index contributed by atoms with van der Waals surface area (Å²) in [5, 5.41) is 2.93. The van der Waals surface area contributed by atoms with Gasteiger partial charge >= 0.3 is 5.97 Å². The lowest BCUT2D eigenvalue weighted by Gasteiger charge is -2.19. The minimum Gasteiger partial charge on any atom is -0.460 e. The van der Waals surface area contributed by atoms with E-state index in [0.717, 1.165) is 0 Å². The number of ether oxygens (including phenoxy) is 1. The highest BCUT2D eigenvalue weighted by Gasteiger charge is 2.15. The Bertz CT molecular complexity index is 221. The SMILES string of the molecule is CC(C)(C)OC(=O)CCNCCC(N)=O. The molecule has 0 radical (unpaired) electrons. The van der Waals surface area contributed by atoms with Crippen molar-refractivity contribution < 1.29 is 14.3 Å². The third kappa shape index (κ3) is 10.8. The molecule has 0 rings (SSSR count). The first-order valence-electron chi connectivity index (χ1n) is 5.02. The van der Waals surface area contributed by atoms with Crippen LogP contribution < -0.4 is 11.1 Å². The van der Waals surface area contributed by atoms with Crippen molar-refractivity contribution in [1.29, 1.82) is 0 Å². The van der Waals surface area contributed by atoms with Gasteiger partial charge in [0.15, 0.2) is 0 Å². The zero-order valence-electron chi connectivity index (χ0n) is 9.63. The molecule has 0 aliphatic rings. The van der Waals surface area contributed by atoms with E-state index in [1.165, 1.54) is 0 Å². The summed E-state index contributed by atoms with van der Waals surface area (Å²) in [4.78, 5) is 21.6. The Balaban J connectivity index is 3.44. The van der Waals surface area contributed by atoms with E-state index in [1.54, 1.807) is 0 Å². The summed E-state index contributed by atoms with van der Waals surface area (Å²) in [5.41, 5.74) is 4.51. The Kier molecular flexibility index (Phi) is 5.93. The maximum Gasteiger partial charge on any atom is 0.307 e. The standard InChI is InChI=1S/C10H20N2O3/c1-10(2,3)15-9(14)5-7-12-6-4-8(11)13/h12H,4-7H2,1-3H3,(H2,11,13). The van der Waals surface area contributed by atoms with Gasteiger partial charge < -0.3 is 15.8 Å². The fraction of sp³-hybridized carbons (Fsp3) is 0.800. The summed E-state index contributed by atoms with van der Waals surface area (Å²) in [6.45, 7) is 6.47. The van der Waals surface area contributed by atoms with Crippen molar-refractivity contribution in [3.05, 3.63) is 0 Å². The molecular weight excluding hydrogens is 196 g/mol. The average Bonchev–Trinajstić information content (AvgIpc) is 1.99. The number of nitrogens with one attached hydrogen (secondary N) is 1. The van der Waals surface area contributed by atoms with Gasteiger partial charge in [0.1, 0.15) is 5.60 Å². The van der Waals surface area contributed by atoms with Gasteiger partial charge in [0.05, 0.1) is 6.42 Å². The van der Waals surface area contributed by atoms with Gasteiger partial charge in [-0.2, -0.15) is 0 Å². The van der Waals surface area contributed by atoms with E-state index < -0.39 is 5.60 Å². The van der Waals surface area contributed by atoms with Crippen LogP contribution in [0.15, 0.2) is 0 Å². The van der Waals surface area contributed by atoms with E-state index in [4.69, 9.17) is 10.5 Å². The maximum atomic E-state index is 11.2. The predicted molar refractivity (Wildman–Crippen MR) is 57.1 cm³/mol. The molecule has 15 heavy (non-hydrogen) atoms. The number of amides is 1. The fourth-order valence-corrected chi connectivity index (χ4v) is 0.920. The maximum absolute atomic E-state index is 11.2. The van der Waals surface area contributed by atoms with Crippen LogP contribution in [-0.4, -0.2) is 30.6 Å². The van der Waals surface area contributed by atoms with Crippen molar-refractivity contribution in [2.45, 2.75) is 39.2 Å². The lowest BCUT2D eigenvalue weighted by molar-refractivity contribution is -0.154. The molecule has 0 spiro atoms. The first kappa shape index (κ1) is 13.9. The zero-order valence-corrected chi connectivity index (χ0v) is 9.63. The molecule has 0 saturated carbocycles. The Morgan fingerprint density at radius 3 is 2.20 bits per heavy atom. The monoisotopic (exact) mass is 216 g/mol. The molecule has 0 aromatic carbocycles. The number of carbonyl (C=O) groups excluding carboxylic acids is 2. The van der Waals surface area contributed by atoms with Crippen molar-refractivity contribution in [2.24, 2.45) is 5.73 Å². The molecule has 0 bridgehead atoms. The number of carbonyl (C=O) groups is 2. The van der Waals surface area contributed by atoms with Crippen LogP contribution in [0.25, 0.3) is 0 Å². The van der Waals surface area contributed by atoms with Crippen LogP contribution in [0.2, 0.25) is 0 Å². The van der Waals surface area contributed by atoms with Crippen LogP contribution in [-0.2, 0) is 14.3 Å². The molecule has 1 amide bonds. The normalized spacial score (nSPS) is 11.1. The topological polar surface area (TPSA) is 81.4 Å². The predicted octanol–water partition coefficient (Wildman–Crippen LogP) is 0.183. The summed E-state index contributed by atoms with van der Waals surface area (Å²) in [6.07, 6.45) is 0.588. The second-order valence-corrected chi connectivity index (χ2v) is 4.30. The van der Waals surface area contributed by atoms with E-state index in [9.17, 15) is 9.59 Å². The number of esters is 1. The molecule has 0 aromatic heterocycles. The zero-order chi connectivity index (χ0) is 11.9. The second kappa shape index (κ2) is 6.40. The van der Waals surface area contributed by atoms with Gasteiger partial charge in [0, 0.05) is 19.5 Å². The van der Waals surface area contributed by atoms with E-state index in [1.807, 2.05) is 20.8 Å². The molecule has 0 aliphatic carbocycles. The van der Waals surface area contributed by atoms with Gasteiger partial charge in [-0.15, -0.1) is 0 Å². The molecule has 0 aromatic rings. The third-order valence-electron chi connectivity index (χ3n) is 1.47. The summed E-state index contributed by atoms with van der Waals surface area (Å²) >= 11 is 0. The van der Waals surface area contributed by atoms with Crippen molar-refractivity contribution in [2.75, 3.05) is 13.1 Å². The van der Waals surface area contributed by atoms with Crippen LogP contribution in [0, 0.1) is 0 Å². The number of primary amides is 1. The lowest BCUT2D eigenvalue weighted by Crippen LogP contribution is -2.28. The Morgan fingerprint density at radius 2 is 1.73 bits per heavy atom. The van der Waals surface area contributed by atoms with E-state index in [-0.39, 0.29) is 18.3 Å². The number of nitrogens with two attached hydrogens (primary N) is 1. The number of hydrogen-bond donors (Lipinski definition) is 2. The van der Waals surface area contributed by atoms with Gasteiger partial charge in [-0.1, -0.05) is 0 Å². The minimum absolute atomic E-state index is 0.242. The molecular formula is C10H20N2O3. The Hall–Kier alpha value is -1.10. The quantitative estimate of drug-likeness (QED) is 0.490. The lowest BCUT2D eigenvalue weighted by atomic mass is 10.2. The third-order valence-corrected chi connectivity index (χ3v) is 1.47. The summed E-state index contributed by atoms with van der Waals surface area (Å²) < 4.78 is 5.09. The minimum atomic E-state index is -0.440. The Labute approximate surface area is 90.4 Å². The highest BCUT2D eigenvalue weighted by atomic mass is 16.6. The molecule has 5 nitrogen and oxygen atoms in total. The van der Waals surface area contributed by atoms with E-state index >= 15 is 0 Å². The van der Waals surface area contributed by atoms with Crippen molar-refractivity contribution in [1.82, 2.24) is 5.32 Å². The van der Waals surface area contributed by atoms with Crippen molar-refractivity contribution in [3.63, 3.8) is 0 Å². The smallest absolute Gasteiger partial charge is 0.307 e. The molecule has 0 heterocycles. The fourth-order valence-electron chi connectivity index (χ4n) is 0.920. The molecule has 0 atom stereocenters. The van der Waals surface area contributed by atoms with Crippen LogP contribution in [0.5, 0.6) is 0 Å². The largest absolute Gasteiger partial charge is 0.460 e.